The SMILES string of the molecule is CC(C(=O)Nc1ccc(Br)c(Cl)c1)N(c1ccc(Cl)cc1)S(C)(=O)=O. The molecule has 25 heavy (non-hydrogen) atoms. The van der Waals surface area contributed by atoms with Gasteiger partial charge >= 0.3 is 0 Å². The average molecular weight is 466 g/mol. The van der Waals surface area contributed by atoms with Crippen molar-refractivity contribution in [2.75, 3.05) is 15.9 Å². The van der Waals surface area contributed by atoms with Crippen LogP contribution in [-0.2, 0) is 14.8 Å². The third-order valence-electron chi connectivity index (χ3n) is 3.36. The number of carbonyl (C=O) groups excluding carboxylic acids is 1. The fourth-order valence-corrected chi connectivity index (χ4v) is 3.95. The summed E-state index contributed by atoms with van der Waals surface area (Å²) in [5.41, 5.74) is 0.818. The minimum atomic E-state index is -3.69. The van der Waals surface area contributed by atoms with Gasteiger partial charge in [0.05, 0.1) is 17.0 Å². The van der Waals surface area contributed by atoms with E-state index in [2.05, 4.69) is 21.2 Å². The molecule has 0 saturated carbocycles. The van der Waals surface area contributed by atoms with Crippen molar-refractivity contribution in [2.24, 2.45) is 0 Å². The van der Waals surface area contributed by atoms with Gasteiger partial charge in [0.1, 0.15) is 6.04 Å². The summed E-state index contributed by atoms with van der Waals surface area (Å²) in [4.78, 5) is 12.5. The number of benzene rings is 2. The van der Waals surface area contributed by atoms with Crippen molar-refractivity contribution in [3.8, 4) is 0 Å². The second-order valence-electron chi connectivity index (χ2n) is 5.33. The van der Waals surface area contributed by atoms with Gasteiger partial charge in [0.2, 0.25) is 15.9 Å². The average Bonchev–Trinajstić information content (AvgIpc) is 2.51. The number of nitrogens with zero attached hydrogens (tertiary/aromatic N) is 1. The highest BCUT2D eigenvalue weighted by Crippen LogP contribution is 2.27. The molecule has 0 fully saturated rings. The molecule has 2 aromatic rings. The van der Waals surface area contributed by atoms with Crippen LogP contribution in [0.5, 0.6) is 0 Å². The molecule has 9 heteroatoms. The van der Waals surface area contributed by atoms with Gasteiger partial charge in [0, 0.05) is 15.2 Å². The van der Waals surface area contributed by atoms with E-state index in [0.29, 0.717) is 25.9 Å². The molecule has 0 saturated heterocycles. The number of hydrogen-bond acceptors (Lipinski definition) is 3. The second-order valence-corrected chi connectivity index (χ2v) is 8.89. The first-order chi connectivity index (χ1) is 11.6. The lowest BCUT2D eigenvalue weighted by molar-refractivity contribution is -0.116. The molecule has 2 rings (SSSR count). The third-order valence-corrected chi connectivity index (χ3v) is 6.08. The van der Waals surface area contributed by atoms with Crippen LogP contribution < -0.4 is 9.62 Å². The Morgan fingerprint density at radius 3 is 2.28 bits per heavy atom. The van der Waals surface area contributed by atoms with Gasteiger partial charge in [-0.1, -0.05) is 23.2 Å². The normalized spacial score (nSPS) is 12.5. The van der Waals surface area contributed by atoms with Gasteiger partial charge in [-0.15, -0.1) is 0 Å². The van der Waals surface area contributed by atoms with Crippen LogP contribution in [-0.4, -0.2) is 26.6 Å². The van der Waals surface area contributed by atoms with Crippen LogP contribution in [0.15, 0.2) is 46.9 Å². The summed E-state index contributed by atoms with van der Waals surface area (Å²) in [6.45, 7) is 1.51. The van der Waals surface area contributed by atoms with E-state index >= 15 is 0 Å². The predicted octanol–water partition coefficient (Wildman–Crippen LogP) is 4.55. The zero-order valence-electron chi connectivity index (χ0n) is 13.3. The van der Waals surface area contributed by atoms with Crippen LogP contribution in [0.4, 0.5) is 11.4 Å². The Balaban J connectivity index is 2.29. The Kier molecular flexibility index (Phi) is 6.37. The van der Waals surface area contributed by atoms with E-state index in [1.807, 2.05) is 0 Å². The lowest BCUT2D eigenvalue weighted by Crippen LogP contribution is -2.45. The number of nitrogens with one attached hydrogen (secondary N) is 1. The summed E-state index contributed by atoms with van der Waals surface area (Å²) in [7, 11) is -3.69. The number of anilines is 2. The molecule has 134 valence electrons. The summed E-state index contributed by atoms with van der Waals surface area (Å²) in [6, 6.07) is 10.2. The Bertz CT molecular complexity index is 889. The standard InChI is InChI=1S/C16H15BrCl2N2O3S/c1-10(16(22)20-12-5-8-14(17)15(19)9-12)21(25(2,23)24)13-6-3-11(18)4-7-13/h3-10H,1-2H3,(H,20,22). The van der Waals surface area contributed by atoms with E-state index in [1.54, 1.807) is 42.5 Å². The highest BCUT2D eigenvalue weighted by molar-refractivity contribution is 9.10. The molecule has 0 radical (unpaired) electrons. The van der Waals surface area contributed by atoms with E-state index in [9.17, 15) is 13.2 Å². The van der Waals surface area contributed by atoms with Gasteiger partial charge in [0.25, 0.3) is 0 Å². The van der Waals surface area contributed by atoms with Crippen molar-refractivity contribution in [3.63, 3.8) is 0 Å². The predicted molar refractivity (Wildman–Crippen MR) is 106 cm³/mol. The molecule has 2 aromatic carbocycles. The van der Waals surface area contributed by atoms with Crippen molar-refractivity contribution in [1.82, 2.24) is 0 Å². The molecule has 0 spiro atoms. The van der Waals surface area contributed by atoms with Gasteiger partial charge in [-0.2, -0.15) is 0 Å². The topological polar surface area (TPSA) is 66.5 Å². The van der Waals surface area contributed by atoms with Gasteiger partial charge in [-0.25, -0.2) is 8.42 Å². The van der Waals surface area contributed by atoms with Crippen molar-refractivity contribution < 1.29 is 13.2 Å². The zero-order chi connectivity index (χ0) is 18.8. The van der Waals surface area contributed by atoms with Gasteiger partial charge in [-0.3, -0.25) is 9.10 Å². The quantitative estimate of drug-likeness (QED) is 0.704. The summed E-state index contributed by atoms with van der Waals surface area (Å²) < 4.78 is 26.1. The van der Waals surface area contributed by atoms with Crippen molar-refractivity contribution >= 4 is 66.4 Å². The summed E-state index contributed by atoms with van der Waals surface area (Å²) in [5.74, 6) is -0.487. The molecule has 1 N–H and O–H groups in total. The van der Waals surface area contributed by atoms with Crippen molar-refractivity contribution in [2.45, 2.75) is 13.0 Å². The van der Waals surface area contributed by atoms with Gasteiger partial charge < -0.3 is 5.32 Å². The minimum absolute atomic E-state index is 0.350. The molecule has 1 amide bonds. The molecule has 0 aromatic heterocycles. The first-order valence-corrected chi connectivity index (χ1v) is 10.5. The van der Waals surface area contributed by atoms with E-state index in [4.69, 9.17) is 23.2 Å². The molecule has 0 aliphatic carbocycles. The lowest BCUT2D eigenvalue weighted by atomic mass is 10.2. The third kappa shape index (κ3) is 5.10. The first-order valence-electron chi connectivity index (χ1n) is 7.10. The Morgan fingerprint density at radius 2 is 1.76 bits per heavy atom. The number of amides is 1. The fourth-order valence-electron chi connectivity index (χ4n) is 2.22. The second kappa shape index (κ2) is 7.95. The molecule has 0 aliphatic rings. The molecule has 0 aliphatic heterocycles. The van der Waals surface area contributed by atoms with E-state index in [0.717, 1.165) is 10.6 Å². The van der Waals surface area contributed by atoms with Crippen molar-refractivity contribution in [1.29, 1.82) is 0 Å². The largest absolute Gasteiger partial charge is 0.324 e. The fraction of sp³-hybridized carbons (Fsp3) is 0.188. The minimum Gasteiger partial charge on any atom is -0.324 e. The van der Waals surface area contributed by atoms with Crippen LogP contribution in [0, 0.1) is 0 Å². The first kappa shape index (κ1) is 20.0. The lowest BCUT2D eigenvalue weighted by Gasteiger charge is -2.28. The monoisotopic (exact) mass is 464 g/mol. The number of rotatable bonds is 5. The Labute approximate surface area is 165 Å². The van der Waals surface area contributed by atoms with Crippen LogP contribution in [0.1, 0.15) is 6.92 Å². The van der Waals surface area contributed by atoms with E-state index in [-0.39, 0.29) is 0 Å². The molecule has 0 bridgehead atoms. The number of carbonyl (C=O) groups is 1. The Hall–Kier alpha value is -1.28. The maximum Gasteiger partial charge on any atom is 0.247 e. The summed E-state index contributed by atoms with van der Waals surface area (Å²) in [5, 5.41) is 3.57. The smallest absolute Gasteiger partial charge is 0.247 e. The summed E-state index contributed by atoms with van der Waals surface area (Å²) >= 11 is 15.1. The van der Waals surface area contributed by atoms with Crippen LogP contribution in [0.25, 0.3) is 0 Å². The molecular formula is C16H15BrCl2N2O3S. The highest BCUT2D eigenvalue weighted by Gasteiger charge is 2.29. The van der Waals surface area contributed by atoms with Crippen molar-refractivity contribution in [3.05, 3.63) is 57.0 Å². The zero-order valence-corrected chi connectivity index (χ0v) is 17.2. The molecule has 1 unspecified atom stereocenters. The van der Waals surface area contributed by atoms with Gasteiger partial charge in [-0.05, 0) is 65.3 Å². The van der Waals surface area contributed by atoms with E-state index < -0.39 is 22.0 Å². The summed E-state index contributed by atoms with van der Waals surface area (Å²) in [6.07, 6.45) is 1.04. The Morgan fingerprint density at radius 1 is 1.16 bits per heavy atom. The molecular weight excluding hydrogens is 451 g/mol. The molecule has 0 heterocycles. The maximum absolute atomic E-state index is 12.5. The maximum atomic E-state index is 12.5. The molecule has 5 nitrogen and oxygen atoms in total. The molecule has 1 atom stereocenters. The number of sulfonamides is 1. The number of halogens is 3. The van der Waals surface area contributed by atoms with Crippen LogP contribution >= 0.6 is 39.1 Å². The van der Waals surface area contributed by atoms with Crippen LogP contribution in [0.3, 0.4) is 0 Å². The number of hydrogen-bond donors (Lipinski definition) is 1. The van der Waals surface area contributed by atoms with Gasteiger partial charge in [0.15, 0.2) is 0 Å². The van der Waals surface area contributed by atoms with E-state index in [1.165, 1.54) is 6.92 Å². The van der Waals surface area contributed by atoms with Crippen LogP contribution in [0.2, 0.25) is 10.0 Å². The highest BCUT2D eigenvalue weighted by atomic mass is 79.9.